The maximum Gasteiger partial charge on any atom is 0.236 e. The van der Waals surface area contributed by atoms with Crippen molar-refractivity contribution in [2.75, 3.05) is 19.6 Å². The van der Waals surface area contributed by atoms with E-state index in [2.05, 4.69) is 10.2 Å². The van der Waals surface area contributed by atoms with E-state index in [1.165, 1.54) is 12.8 Å². The molecule has 1 aliphatic heterocycles. The normalized spacial score (nSPS) is 18.9. The van der Waals surface area contributed by atoms with Crippen LogP contribution in [0, 0.1) is 0 Å². The van der Waals surface area contributed by atoms with Crippen LogP contribution in [0.25, 0.3) is 0 Å². The van der Waals surface area contributed by atoms with Crippen LogP contribution in [0.5, 0.6) is 0 Å². The number of carbonyl (C=O) groups is 1. The Hall–Kier alpha value is -1.33. The van der Waals surface area contributed by atoms with Crippen molar-refractivity contribution in [1.82, 2.24) is 10.2 Å². The molecule has 1 saturated heterocycles. The van der Waals surface area contributed by atoms with Gasteiger partial charge in [-0.2, -0.15) is 0 Å². The molecular formula is C15H25N3O2. The van der Waals surface area contributed by atoms with Gasteiger partial charge in [-0.15, -0.1) is 0 Å². The van der Waals surface area contributed by atoms with Crippen LogP contribution >= 0.6 is 0 Å². The molecule has 1 amide bonds. The Bertz CT molecular complexity index is 399. The number of rotatable bonds is 7. The predicted octanol–water partition coefficient (Wildman–Crippen LogP) is 1.66. The highest BCUT2D eigenvalue weighted by Crippen LogP contribution is 2.24. The molecule has 1 fully saturated rings. The zero-order valence-electron chi connectivity index (χ0n) is 12.2. The van der Waals surface area contributed by atoms with Crippen LogP contribution in [-0.4, -0.2) is 36.5 Å². The highest BCUT2D eigenvalue weighted by molar-refractivity contribution is 5.81. The quantitative estimate of drug-likeness (QED) is 0.796. The zero-order chi connectivity index (χ0) is 14.4. The number of nitrogens with one attached hydrogen (secondary N) is 1. The van der Waals surface area contributed by atoms with Gasteiger partial charge in [0.15, 0.2) is 0 Å². The number of furan rings is 1. The Morgan fingerprint density at radius 3 is 2.85 bits per heavy atom. The zero-order valence-corrected chi connectivity index (χ0v) is 12.2. The van der Waals surface area contributed by atoms with E-state index in [0.717, 1.165) is 31.7 Å². The molecule has 112 valence electrons. The molecule has 2 atom stereocenters. The van der Waals surface area contributed by atoms with Gasteiger partial charge in [0.1, 0.15) is 5.76 Å². The lowest BCUT2D eigenvalue weighted by Gasteiger charge is -2.26. The van der Waals surface area contributed by atoms with Crippen LogP contribution in [0.4, 0.5) is 0 Å². The highest BCUT2D eigenvalue weighted by atomic mass is 16.3. The van der Waals surface area contributed by atoms with E-state index in [0.29, 0.717) is 6.54 Å². The number of amides is 1. The molecule has 1 aromatic rings. The van der Waals surface area contributed by atoms with Gasteiger partial charge in [0.2, 0.25) is 5.91 Å². The fourth-order valence-electron chi connectivity index (χ4n) is 2.71. The van der Waals surface area contributed by atoms with E-state index >= 15 is 0 Å². The molecular weight excluding hydrogens is 254 g/mol. The second-order valence-corrected chi connectivity index (χ2v) is 5.41. The molecule has 0 bridgehead atoms. The van der Waals surface area contributed by atoms with Crippen LogP contribution in [0.2, 0.25) is 0 Å². The molecule has 1 aromatic heterocycles. The smallest absolute Gasteiger partial charge is 0.236 e. The molecule has 0 radical (unpaired) electrons. The van der Waals surface area contributed by atoms with Gasteiger partial charge in [0, 0.05) is 6.54 Å². The average Bonchev–Trinajstić information content (AvgIpc) is 3.12. The lowest BCUT2D eigenvalue weighted by Crippen LogP contribution is -2.44. The first-order chi connectivity index (χ1) is 9.72. The van der Waals surface area contributed by atoms with E-state index in [-0.39, 0.29) is 11.9 Å². The number of nitrogens with zero attached hydrogens (tertiary/aromatic N) is 1. The molecule has 2 unspecified atom stereocenters. The van der Waals surface area contributed by atoms with Gasteiger partial charge in [-0.25, -0.2) is 0 Å². The second-order valence-electron chi connectivity index (χ2n) is 5.41. The highest BCUT2D eigenvalue weighted by Gasteiger charge is 2.26. The van der Waals surface area contributed by atoms with E-state index in [4.69, 9.17) is 10.2 Å². The molecule has 2 heterocycles. The second kappa shape index (κ2) is 7.45. The molecule has 5 nitrogen and oxygen atoms in total. The van der Waals surface area contributed by atoms with E-state index in [9.17, 15) is 4.79 Å². The minimum absolute atomic E-state index is 0.0670. The molecule has 2 rings (SSSR count). The Kier molecular flexibility index (Phi) is 5.61. The summed E-state index contributed by atoms with van der Waals surface area (Å²) in [6.07, 6.45) is 5.74. The fourth-order valence-corrected chi connectivity index (χ4v) is 2.71. The Balaban J connectivity index is 1.93. The van der Waals surface area contributed by atoms with E-state index in [1.54, 1.807) is 6.26 Å². The van der Waals surface area contributed by atoms with Gasteiger partial charge < -0.3 is 15.5 Å². The summed E-state index contributed by atoms with van der Waals surface area (Å²) in [5.74, 6) is 0.846. The van der Waals surface area contributed by atoms with Crippen molar-refractivity contribution < 1.29 is 9.21 Å². The topological polar surface area (TPSA) is 71.5 Å². The molecule has 0 spiro atoms. The minimum Gasteiger partial charge on any atom is -0.468 e. The first-order valence-electron chi connectivity index (χ1n) is 7.53. The van der Waals surface area contributed by atoms with Gasteiger partial charge in [-0.05, 0) is 44.5 Å². The molecule has 5 heteroatoms. The molecule has 20 heavy (non-hydrogen) atoms. The van der Waals surface area contributed by atoms with Gasteiger partial charge in [-0.3, -0.25) is 9.69 Å². The van der Waals surface area contributed by atoms with E-state index in [1.807, 2.05) is 19.1 Å². The average molecular weight is 279 g/mol. The lowest BCUT2D eigenvalue weighted by molar-refractivity contribution is -0.122. The number of hydrogen-bond acceptors (Lipinski definition) is 4. The molecule has 1 aliphatic rings. The van der Waals surface area contributed by atoms with Crippen molar-refractivity contribution in [3.63, 3.8) is 0 Å². The van der Waals surface area contributed by atoms with Crippen molar-refractivity contribution in [2.45, 2.75) is 44.7 Å². The van der Waals surface area contributed by atoms with Gasteiger partial charge in [-0.1, -0.05) is 13.3 Å². The molecule has 3 N–H and O–H groups in total. The largest absolute Gasteiger partial charge is 0.468 e. The van der Waals surface area contributed by atoms with Crippen LogP contribution in [0.3, 0.4) is 0 Å². The van der Waals surface area contributed by atoms with Crippen molar-refractivity contribution in [3.05, 3.63) is 24.2 Å². The fraction of sp³-hybridized carbons (Fsp3) is 0.667. The predicted molar refractivity (Wildman–Crippen MR) is 78.1 cm³/mol. The maximum atomic E-state index is 11.9. The standard InChI is InChI=1S/C15H25N3O2/c1-2-6-12(16)15(19)17-11-13(14-7-5-10-20-14)18-8-3-4-9-18/h5,7,10,12-13H,2-4,6,8-9,11,16H2,1H3,(H,17,19). The van der Waals surface area contributed by atoms with Crippen LogP contribution in [0.15, 0.2) is 22.8 Å². The minimum atomic E-state index is -0.407. The van der Waals surface area contributed by atoms with Crippen LogP contribution < -0.4 is 11.1 Å². The SMILES string of the molecule is CCCC(N)C(=O)NCC(c1ccco1)N1CCCC1. The summed E-state index contributed by atoms with van der Waals surface area (Å²) < 4.78 is 5.52. The summed E-state index contributed by atoms with van der Waals surface area (Å²) in [4.78, 5) is 14.3. The first kappa shape index (κ1) is 15.1. The summed E-state index contributed by atoms with van der Waals surface area (Å²) in [6.45, 7) is 4.71. The first-order valence-corrected chi connectivity index (χ1v) is 7.53. The number of carbonyl (C=O) groups excluding carboxylic acids is 1. The van der Waals surface area contributed by atoms with Gasteiger partial charge in [0.05, 0.1) is 18.3 Å². The molecule has 0 aliphatic carbocycles. The van der Waals surface area contributed by atoms with Crippen molar-refractivity contribution >= 4 is 5.91 Å². The summed E-state index contributed by atoms with van der Waals surface area (Å²) in [5, 5.41) is 2.97. The maximum absolute atomic E-state index is 11.9. The van der Waals surface area contributed by atoms with Gasteiger partial charge in [0.25, 0.3) is 0 Å². The van der Waals surface area contributed by atoms with Crippen molar-refractivity contribution in [1.29, 1.82) is 0 Å². The summed E-state index contributed by atoms with van der Waals surface area (Å²) >= 11 is 0. The van der Waals surface area contributed by atoms with Crippen molar-refractivity contribution in [3.8, 4) is 0 Å². The Morgan fingerprint density at radius 2 is 2.25 bits per heavy atom. The van der Waals surface area contributed by atoms with Crippen molar-refractivity contribution in [2.24, 2.45) is 5.73 Å². The number of nitrogens with two attached hydrogens (primary N) is 1. The Morgan fingerprint density at radius 1 is 1.50 bits per heavy atom. The molecule has 0 aromatic carbocycles. The Labute approximate surface area is 120 Å². The lowest BCUT2D eigenvalue weighted by atomic mass is 10.1. The summed E-state index contributed by atoms with van der Waals surface area (Å²) in [6, 6.07) is 3.57. The third-order valence-corrected chi connectivity index (χ3v) is 3.86. The van der Waals surface area contributed by atoms with E-state index < -0.39 is 6.04 Å². The van der Waals surface area contributed by atoms with Crippen LogP contribution in [-0.2, 0) is 4.79 Å². The number of likely N-dealkylation sites (tertiary alicyclic amines) is 1. The third-order valence-electron chi connectivity index (χ3n) is 3.86. The third kappa shape index (κ3) is 3.84. The molecule has 0 saturated carbocycles. The summed E-state index contributed by atoms with van der Waals surface area (Å²) in [7, 11) is 0. The monoisotopic (exact) mass is 279 g/mol. The number of hydrogen-bond donors (Lipinski definition) is 2. The summed E-state index contributed by atoms with van der Waals surface area (Å²) in [5.41, 5.74) is 5.84. The van der Waals surface area contributed by atoms with Gasteiger partial charge >= 0.3 is 0 Å². The van der Waals surface area contributed by atoms with Crippen LogP contribution in [0.1, 0.15) is 44.4 Å².